The van der Waals surface area contributed by atoms with E-state index in [2.05, 4.69) is 6.92 Å². The molecular weight excluding hydrogens is 260 g/mol. The Balaban J connectivity index is 2.67. The number of ether oxygens (including phenoxy) is 1. The van der Waals surface area contributed by atoms with Crippen molar-refractivity contribution >= 4 is 11.4 Å². The molecule has 1 unspecified atom stereocenters. The van der Waals surface area contributed by atoms with Crippen LogP contribution in [0, 0.1) is 10.1 Å². The Kier molecular flexibility index (Phi) is 6.09. The van der Waals surface area contributed by atoms with E-state index < -0.39 is 16.4 Å². The molecule has 0 aliphatic carbocycles. The fourth-order valence-corrected chi connectivity index (χ4v) is 1.96. The second-order valence-electron chi connectivity index (χ2n) is 4.91. The number of rotatable bonds is 8. The van der Waals surface area contributed by atoms with E-state index in [1.54, 1.807) is 0 Å². The summed E-state index contributed by atoms with van der Waals surface area (Å²) in [7, 11) is 0. The molecule has 112 valence electrons. The molecule has 0 saturated carbocycles. The average Bonchev–Trinajstić information content (AvgIpc) is 2.37. The van der Waals surface area contributed by atoms with Crippen molar-refractivity contribution in [2.24, 2.45) is 0 Å². The zero-order valence-corrected chi connectivity index (χ0v) is 12.0. The third-order valence-electron chi connectivity index (χ3n) is 3.10. The largest absolute Gasteiger partial charge is 0.502 e. The van der Waals surface area contributed by atoms with Crippen molar-refractivity contribution in [1.29, 1.82) is 0 Å². The maximum atomic E-state index is 10.8. The minimum Gasteiger partial charge on any atom is -0.502 e. The smallest absolute Gasteiger partial charge is 0.314 e. The second kappa shape index (κ2) is 7.57. The molecule has 0 aliphatic rings. The molecule has 0 bridgehead atoms. The van der Waals surface area contributed by atoms with E-state index in [9.17, 15) is 15.2 Å². The van der Waals surface area contributed by atoms with Gasteiger partial charge in [-0.25, -0.2) is 0 Å². The predicted molar refractivity (Wildman–Crippen MR) is 78.0 cm³/mol. The third kappa shape index (κ3) is 4.60. The Labute approximate surface area is 118 Å². The number of nitrogens with two attached hydrogens (primary N) is 1. The molecule has 0 saturated heterocycles. The van der Waals surface area contributed by atoms with E-state index in [1.807, 2.05) is 6.92 Å². The van der Waals surface area contributed by atoms with E-state index >= 15 is 0 Å². The maximum Gasteiger partial charge on any atom is 0.314 e. The summed E-state index contributed by atoms with van der Waals surface area (Å²) >= 11 is 0. The summed E-state index contributed by atoms with van der Waals surface area (Å²) in [5.74, 6) is -0.201. The number of nitrogen functional groups attached to an aromatic ring is 1. The van der Waals surface area contributed by atoms with Gasteiger partial charge in [0.1, 0.15) is 5.75 Å². The van der Waals surface area contributed by atoms with Gasteiger partial charge in [0.15, 0.2) is 5.75 Å². The highest BCUT2D eigenvalue weighted by molar-refractivity contribution is 5.64. The van der Waals surface area contributed by atoms with E-state index in [-0.39, 0.29) is 17.5 Å². The van der Waals surface area contributed by atoms with Gasteiger partial charge in [0, 0.05) is 6.07 Å². The van der Waals surface area contributed by atoms with E-state index in [0.29, 0.717) is 0 Å². The number of anilines is 1. The van der Waals surface area contributed by atoms with Crippen molar-refractivity contribution in [3.05, 3.63) is 22.2 Å². The Morgan fingerprint density at radius 1 is 1.40 bits per heavy atom. The number of hydrogen-bond donors (Lipinski definition) is 2. The average molecular weight is 282 g/mol. The van der Waals surface area contributed by atoms with Crippen LogP contribution in [-0.4, -0.2) is 16.1 Å². The van der Waals surface area contributed by atoms with Crippen LogP contribution in [-0.2, 0) is 0 Å². The molecule has 0 spiro atoms. The standard InChI is InChI=1S/C14H22N2O4/c1-3-4-5-6-7-10(2)20-14-9-12(16(18)19)13(17)8-11(14)15/h8-10,17H,3-7,15H2,1-2H3. The molecule has 0 aromatic heterocycles. The Morgan fingerprint density at radius 3 is 2.70 bits per heavy atom. The molecule has 1 aromatic carbocycles. The SMILES string of the molecule is CCCCCCC(C)Oc1cc([N+](=O)[O-])c(O)cc1N. The molecule has 1 aromatic rings. The summed E-state index contributed by atoms with van der Waals surface area (Å²) in [5.41, 5.74) is 5.51. The molecule has 0 radical (unpaired) electrons. The number of nitro groups is 1. The van der Waals surface area contributed by atoms with E-state index in [1.165, 1.54) is 18.9 Å². The zero-order chi connectivity index (χ0) is 15.1. The topological polar surface area (TPSA) is 98.6 Å². The number of hydrogen-bond acceptors (Lipinski definition) is 5. The molecule has 0 heterocycles. The van der Waals surface area contributed by atoms with Gasteiger partial charge in [-0.05, 0) is 19.8 Å². The number of phenols is 1. The monoisotopic (exact) mass is 282 g/mol. The molecule has 1 atom stereocenters. The number of benzene rings is 1. The summed E-state index contributed by atoms with van der Waals surface area (Å²) in [4.78, 5) is 10.1. The van der Waals surface area contributed by atoms with Crippen molar-refractivity contribution < 1.29 is 14.8 Å². The van der Waals surface area contributed by atoms with Gasteiger partial charge in [-0.3, -0.25) is 10.1 Å². The van der Waals surface area contributed by atoms with Gasteiger partial charge in [0.2, 0.25) is 0 Å². The van der Waals surface area contributed by atoms with Crippen LogP contribution in [0.15, 0.2) is 12.1 Å². The van der Waals surface area contributed by atoms with Crippen LogP contribution in [0.25, 0.3) is 0 Å². The number of phenolic OH excluding ortho intramolecular Hbond substituents is 1. The molecule has 6 nitrogen and oxygen atoms in total. The lowest BCUT2D eigenvalue weighted by molar-refractivity contribution is -0.385. The molecule has 0 amide bonds. The van der Waals surface area contributed by atoms with Gasteiger partial charge in [-0.1, -0.05) is 26.2 Å². The van der Waals surface area contributed by atoms with E-state index in [0.717, 1.165) is 25.3 Å². The Morgan fingerprint density at radius 2 is 2.10 bits per heavy atom. The maximum absolute atomic E-state index is 10.8. The van der Waals surface area contributed by atoms with Crippen molar-refractivity contribution in [2.45, 2.75) is 52.1 Å². The van der Waals surface area contributed by atoms with Gasteiger partial charge in [-0.2, -0.15) is 0 Å². The van der Waals surface area contributed by atoms with E-state index in [4.69, 9.17) is 10.5 Å². The first-order chi connectivity index (χ1) is 9.45. The first kappa shape index (κ1) is 16.1. The van der Waals surface area contributed by atoms with Crippen molar-refractivity contribution in [3.63, 3.8) is 0 Å². The van der Waals surface area contributed by atoms with Crippen LogP contribution in [0.1, 0.15) is 46.0 Å². The molecule has 20 heavy (non-hydrogen) atoms. The lowest BCUT2D eigenvalue weighted by Crippen LogP contribution is -2.12. The molecule has 6 heteroatoms. The van der Waals surface area contributed by atoms with Crippen LogP contribution >= 0.6 is 0 Å². The van der Waals surface area contributed by atoms with Gasteiger partial charge in [-0.15, -0.1) is 0 Å². The third-order valence-corrected chi connectivity index (χ3v) is 3.10. The lowest BCUT2D eigenvalue weighted by atomic mass is 10.1. The van der Waals surface area contributed by atoms with Gasteiger partial charge in [0.05, 0.1) is 22.8 Å². The van der Waals surface area contributed by atoms with Gasteiger partial charge >= 0.3 is 5.69 Å². The van der Waals surface area contributed by atoms with Crippen LogP contribution < -0.4 is 10.5 Å². The Hall–Kier alpha value is -1.98. The predicted octanol–water partition coefficient (Wildman–Crippen LogP) is 3.62. The lowest BCUT2D eigenvalue weighted by Gasteiger charge is -2.16. The molecule has 3 N–H and O–H groups in total. The molecule has 0 aliphatic heterocycles. The van der Waals surface area contributed by atoms with Crippen molar-refractivity contribution in [3.8, 4) is 11.5 Å². The minimum absolute atomic E-state index is 0.0710. The van der Waals surface area contributed by atoms with Crippen molar-refractivity contribution in [1.82, 2.24) is 0 Å². The van der Waals surface area contributed by atoms with Crippen LogP contribution in [0.3, 0.4) is 0 Å². The summed E-state index contributed by atoms with van der Waals surface area (Å²) in [5, 5.41) is 20.2. The number of aromatic hydroxyl groups is 1. The first-order valence-electron chi connectivity index (χ1n) is 6.89. The highest BCUT2D eigenvalue weighted by Crippen LogP contribution is 2.35. The summed E-state index contributed by atoms with van der Waals surface area (Å²) in [6, 6.07) is 2.32. The molecular formula is C14H22N2O4. The summed E-state index contributed by atoms with van der Waals surface area (Å²) in [6.07, 6.45) is 5.36. The van der Waals surface area contributed by atoms with Crippen LogP contribution in [0.4, 0.5) is 11.4 Å². The number of nitrogens with zero attached hydrogens (tertiary/aromatic N) is 1. The van der Waals surface area contributed by atoms with Crippen molar-refractivity contribution in [2.75, 3.05) is 5.73 Å². The number of unbranched alkanes of at least 4 members (excludes halogenated alkanes) is 3. The molecule has 1 rings (SSSR count). The number of nitro benzene ring substituents is 1. The fraction of sp³-hybridized carbons (Fsp3) is 0.571. The van der Waals surface area contributed by atoms with Gasteiger partial charge < -0.3 is 15.6 Å². The zero-order valence-electron chi connectivity index (χ0n) is 12.0. The Bertz CT molecular complexity index is 463. The summed E-state index contributed by atoms with van der Waals surface area (Å²) < 4.78 is 5.63. The normalized spacial score (nSPS) is 12.1. The van der Waals surface area contributed by atoms with Crippen LogP contribution in [0.5, 0.6) is 11.5 Å². The highest BCUT2D eigenvalue weighted by atomic mass is 16.6. The quantitative estimate of drug-likeness (QED) is 0.328. The first-order valence-corrected chi connectivity index (χ1v) is 6.89. The highest BCUT2D eigenvalue weighted by Gasteiger charge is 2.18. The van der Waals surface area contributed by atoms with Crippen LogP contribution in [0.2, 0.25) is 0 Å². The summed E-state index contributed by atoms with van der Waals surface area (Å²) in [6.45, 7) is 4.06. The minimum atomic E-state index is -0.659. The molecule has 0 fully saturated rings. The fourth-order valence-electron chi connectivity index (χ4n) is 1.96. The van der Waals surface area contributed by atoms with Gasteiger partial charge in [0.25, 0.3) is 0 Å². The second-order valence-corrected chi connectivity index (χ2v) is 4.91.